The normalized spacial score (nSPS) is 11.9. The summed E-state index contributed by atoms with van der Waals surface area (Å²) < 4.78 is 44.8. The second-order valence-electron chi connectivity index (χ2n) is 4.79. The van der Waals surface area contributed by atoms with Crippen LogP contribution in [-0.4, -0.2) is 9.55 Å². The van der Waals surface area contributed by atoms with Crippen LogP contribution in [0.2, 0.25) is 0 Å². The molecule has 0 amide bonds. The molecule has 0 unspecified atom stereocenters. The quantitative estimate of drug-likeness (QED) is 0.824. The van der Waals surface area contributed by atoms with Crippen molar-refractivity contribution in [3.05, 3.63) is 41.7 Å². The lowest BCUT2D eigenvalue weighted by atomic mass is 10.2. The molecule has 0 aliphatic heterocycles. The number of rotatable bonds is 3. The fourth-order valence-corrected chi connectivity index (χ4v) is 1.76. The highest BCUT2D eigenvalue weighted by Gasteiger charge is 2.30. The summed E-state index contributed by atoms with van der Waals surface area (Å²) in [5.41, 5.74) is 0.0915. The second-order valence-corrected chi connectivity index (χ2v) is 4.79. The summed E-state index contributed by atoms with van der Waals surface area (Å²) in [6.07, 6.45) is -2.50. The molecular weight excluding hydrogens is 269 g/mol. The third-order valence-corrected chi connectivity index (χ3v) is 2.77. The van der Waals surface area contributed by atoms with E-state index in [9.17, 15) is 13.2 Å². The lowest BCUT2D eigenvalue weighted by molar-refractivity contribution is -0.137. The zero-order valence-electron chi connectivity index (χ0n) is 11.4. The largest absolute Gasteiger partial charge is 0.426 e. The Kier molecular flexibility index (Phi) is 3.74. The number of ether oxygens (including phenoxy) is 1. The van der Waals surface area contributed by atoms with E-state index >= 15 is 0 Å². The van der Waals surface area contributed by atoms with Gasteiger partial charge in [0.05, 0.1) is 11.3 Å². The van der Waals surface area contributed by atoms with Crippen molar-refractivity contribution in [3.63, 3.8) is 0 Å². The minimum atomic E-state index is -4.34. The Bertz CT molecular complexity index is 585. The number of aryl methyl sites for hydroxylation is 1. The van der Waals surface area contributed by atoms with Crippen LogP contribution in [0.25, 0.3) is 0 Å². The van der Waals surface area contributed by atoms with Gasteiger partial charge >= 0.3 is 12.2 Å². The minimum absolute atomic E-state index is 0.153. The molecule has 0 atom stereocenters. The molecule has 0 aliphatic carbocycles. The van der Waals surface area contributed by atoms with Gasteiger partial charge in [0.1, 0.15) is 5.75 Å². The van der Waals surface area contributed by atoms with Crippen molar-refractivity contribution in [1.29, 1.82) is 0 Å². The first-order chi connectivity index (χ1) is 9.27. The van der Waals surface area contributed by atoms with Crippen LogP contribution in [0.3, 0.4) is 0 Å². The summed E-state index contributed by atoms with van der Waals surface area (Å²) in [5.74, 6) is 0.325. The van der Waals surface area contributed by atoms with Crippen LogP contribution in [0.5, 0.6) is 11.8 Å². The lowest BCUT2D eigenvalue weighted by Crippen LogP contribution is -2.05. The number of nitrogens with zero attached hydrogens (tertiary/aromatic N) is 2. The molecule has 6 heteroatoms. The molecule has 0 bridgehead atoms. The van der Waals surface area contributed by atoms with Crippen molar-refractivity contribution in [2.45, 2.75) is 33.0 Å². The minimum Gasteiger partial charge on any atom is -0.426 e. The first-order valence-corrected chi connectivity index (χ1v) is 6.18. The van der Waals surface area contributed by atoms with E-state index in [4.69, 9.17) is 4.74 Å². The fraction of sp³-hybridized carbons (Fsp3) is 0.357. The molecular formula is C14H15F3N2O. The standard InChI is InChI=1S/C14H15F3N2O/c1-9(2)19-8-10(3)18-13(19)20-12-6-4-11(5-7-12)14(15,16)17/h4-9H,1-3H3. The summed E-state index contributed by atoms with van der Waals surface area (Å²) in [7, 11) is 0. The Morgan fingerprint density at radius 3 is 2.25 bits per heavy atom. The van der Waals surface area contributed by atoms with Crippen LogP contribution < -0.4 is 4.74 Å². The average molecular weight is 284 g/mol. The molecule has 0 aliphatic rings. The van der Waals surface area contributed by atoms with Crippen LogP contribution in [0.15, 0.2) is 30.5 Å². The van der Waals surface area contributed by atoms with Gasteiger partial charge in [-0.25, -0.2) is 4.98 Å². The monoisotopic (exact) mass is 284 g/mol. The van der Waals surface area contributed by atoms with Gasteiger partial charge in [-0.2, -0.15) is 13.2 Å². The van der Waals surface area contributed by atoms with Crippen LogP contribution in [0.1, 0.15) is 31.1 Å². The molecule has 1 aromatic carbocycles. The summed E-state index contributed by atoms with van der Waals surface area (Å²) in [6, 6.07) is 5.09. The third kappa shape index (κ3) is 3.12. The zero-order valence-corrected chi connectivity index (χ0v) is 11.4. The molecule has 1 heterocycles. The first kappa shape index (κ1) is 14.4. The average Bonchev–Trinajstić information content (AvgIpc) is 2.70. The highest BCUT2D eigenvalue weighted by molar-refractivity contribution is 5.31. The van der Waals surface area contributed by atoms with Crippen molar-refractivity contribution in [2.75, 3.05) is 0 Å². The van der Waals surface area contributed by atoms with Gasteiger partial charge in [0.2, 0.25) is 0 Å². The molecule has 0 saturated heterocycles. The number of halogens is 3. The SMILES string of the molecule is Cc1cn(C(C)C)c(Oc2ccc(C(F)(F)F)cc2)n1. The molecule has 0 N–H and O–H groups in total. The zero-order chi connectivity index (χ0) is 14.9. The van der Waals surface area contributed by atoms with Gasteiger partial charge in [-0.15, -0.1) is 0 Å². The number of hydrogen-bond donors (Lipinski definition) is 0. The molecule has 3 nitrogen and oxygen atoms in total. The molecule has 20 heavy (non-hydrogen) atoms. The topological polar surface area (TPSA) is 27.1 Å². The summed E-state index contributed by atoms with van der Waals surface area (Å²) in [6.45, 7) is 5.78. The smallest absolute Gasteiger partial charge is 0.416 e. The molecule has 0 fully saturated rings. The van der Waals surface area contributed by atoms with E-state index in [-0.39, 0.29) is 6.04 Å². The van der Waals surface area contributed by atoms with Gasteiger partial charge in [-0.3, -0.25) is 4.57 Å². The molecule has 0 saturated carbocycles. The summed E-state index contributed by atoms with van der Waals surface area (Å²) >= 11 is 0. The predicted octanol–water partition coefficient (Wildman–Crippen LogP) is 4.58. The predicted molar refractivity (Wildman–Crippen MR) is 68.9 cm³/mol. The molecule has 0 spiro atoms. The Morgan fingerprint density at radius 2 is 1.75 bits per heavy atom. The van der Waals surface area contributed by atoms with E-state index in [2.05, 4.69) is 4.98 Å². The molecule has 2 aromatic rings. The van der Waals surface area contributed by atoms with E-state index in [0.717, 1.165) is 17.8 Å². The number of imidazole rings is 1. The van der Waals surface area contributed by atoms with Gasteiger partial charge in [-0.1, -0.05) is 0 Å². The van der Waals surface area contributed by atoms with Crippen molar-refractivity contribution in [1.82, 2.24) is 9.55 Å². The maximum absolute atomic E-state index is 12.5. The first-order valence-electron chi connectivity index (χ1n) is 6.18. The van der Waals surface area contributed by atoms with E-state index in [1.165, 1.54) is 12.1 Å². The van der Waals surface area contributed by atoms with Crippen LogP contribution in [0.4, 0.5) is 13.2 Å². The van der Waals surface area contributed by atoms with E-state index in [1.54, 1.807) is 0 Å². The van der Waals surface area contributed by atoms with Crippen molar-refractivity contribution >= 4 is 0 Å². The molecule has 1 aromatic heterocycles. The Morgan fingerprint density at radius 1 is 1.15 bits per heavy atom. The van der Waals surface area contributed by atoms with Gasteiger partial charge < -0.3 is 4.74 Å². The second kappa shape index (κ2) is 5.19. The van der Waals surface area contributed by atoms with E-state index in [1.807, 2.05) is 31.5 Å². The Hall–Kier alpha value is -1.98. The molecule has 108 valence electrons. The van der Waals surface area contributed by atoms with Crippen LogP contribution in [0, 0.1) is 6.92 Å². The maximum atomic E-state index is 12.5. The van der Waals surface area contributed by atoms with Gasteiger partial charge in [0.25, 0.3) is 0 Å². The van der Waals surface area contributed by atoms with Crippen molar-refractivity contribution < 1.29 is 17.9 Å². The Balaban J connectivity index is 2.22. The maximum Gasteiger partial charge on any atom is 0.416 e. The lowest BCUT2D eigenvalue weighted by Gasteiger charge is -2.12. The van der Waals surface area contributed by atoms with E-state index < -0.39 is 11.7 Å². The highest BCUT2D eigenvalue weighted by atomic mass is 19.4. The van der Waals surface area contributed by atoms with E-state index in [0.29, 0.717) is 11.8 Å². The van der Waals surface area contributed by atoms with Crippen molar-refractivity contribution in [2.24, 2.45) is 0 Å². The van der Waals surface area contributed by atoms with Crippen LogP contribution >= 0.6 is 0 Å². The Labute approximate surface area is 115 Å². The fourth-order valence-electron chi connectivity index (χ4n) is 1.76. The number of hydrogen-bond acceptors (Lipinski definition) is 2. The number of alkyl halides is 3. The van der Waals surface area contributed by atoms with Crippen molar-refractivity contribution in [3.8, 4) is 11.8 Å². The van der Waals surface area contributed by atoms with Gasteiger partial charge in [-0.05, 0) is 45.0 Å². The molecule has 2 rings (SSSR count). The number of benzene rings is 1. The highest BCUT2D eigenvalue weighted by Crippen LogP contribution is 2.31. The summed E-state index contributed by atoms with van der Waals surface area (Å²) in [5, 5.41) is 0. The molecule has 0 radical (unpaired) electrons. The summed E-state index contributed by atoms with van der Waals surface area (Å²) in [4.78, 5) is 4.22. The van der Waals surface area contributed by atoms with Gasteiger partial charge in [0, 0.05) is 12.2 Å². The third-order valence-electron chi connectivity index (χ3n) is 2.77. The van der Waals surface area contributed by atoms with Gasteiger partial charge in [0.15, 0.2) is 0 Å². The van der Waals surface area contributed by atoms with Crippen LogP contribution in [-0.2, 0) is 6.18 Å². The number of aromatic nitrogens is 2.